The first-order chi connectivity index (χ1) is 12.9. The van der Waals surface area contributed by atoms with Gasteiger partial charge in [0.05, 0.1) is 15.2 Å². The van der Waals surface area contributed by atoms with Crippen LogP contribution in [0.2, 0.25) is 0 Å². The molecule has 0 saturated carbocycles. The van der Waals surface area contributed by atoms with Gasteiger partial charge in [-0.05, 0) is 62.1 Å². The van der Waals surface area contributed by atoms with Crippen LogP contribution in [0, 0.1) is 26.7 Å². The summed E-state index contributed by atoms with van der Waals surface area (Å²) in [5, 5.41) is 3.92. The highest BCUT2D eigenvalue weighted by Gasteiger charge is 2.28. The normalized spacial score (nSPS) is 17.9. The minimum absolute atomic E-state index is 0.0374. The Morgan fingerprint density at radius 2 is 1.96 bits per heavy atom. The minimum atomic E-state index is -0.0374. The number of carbonyl (C=O) groups excluding carboxylic acids is 1. The quantitative estimate of drug-likeness (QED) is 0.708. The van der Waals surface area contributed by atoms with Crippen molar-refractivity contribution >= 4 is 27.5 Å². The lowest BCUT2D eigenvalue weighted by molar-refractivity contribution is -0.119. The summed E-state index contributed by atoms with van der Waals surface area (Å²) in [6.45, 7) is 9.01. The fourth-order valence-corrected chi connectivity index (χ4v) is 4.40. The fourth-order valence-electron chi connectivity index (χ4n) is 3.54. The second-order valence-electron chi connectivity index (χ2n) is 7.45. The van der Waals surface area contributed by atoms with E-state index in [-0.39, 0.29) is 17.9 Å². The zero-order valence-corrected chi connectivity index (χ0v) is 16.9. The molecule has 1 aromatic heterocycles. The molecule has 0 aliphatic carbocycles. The topological polar surface area (TPSA) is 51.2 Å². The molecule has 1 amide bonds. The molecule has 3 aromatic rings. The van der Waals surface area contributed by atoms with Gasteiger partial charge in [-0.2, -0.15) is 0 Å². The number of aryl methyl sites for hydroxylation is 3. The van der Waals surface area contributed by atoms with Crippen LogP contribution in [0.1, 0.15) is 29.5 Å². The van der Waals surface area contributed by atoms with Gasteiger partial charge in [0.15, 0.2) is 0 Å². The average molecular weight is 381 g/mol. The number of amides is 1. The summed E-state index contributed by atoms with van der Waals surface area (Å²) in [7, 11) is 0. The Labute approximate surface area is 163 Å². The number of aromatic nitrogens is 1. The predicted octanol–water partition coefficient (Wildman–Crippen LogP) is 4.79. The highest BCUT2D eigenvalue weighted by atomic mass is 32.1. The van der Waals surface area contributed by atoms with Gasteiger partial charge in [0, 0.05) is 18.9 Å². The van der Waals surface area contributed by atoms with Crippen molar-refractivity contribution in [1.29, 1.82) is 0 Å². The molecule has 1 fully saturated rings. The number of fused-ring (bicyclic) bond motifs is 1. The molecular formula is C22H24N2O2S. The maximum Gasteiger partial charge on any atom is 0.220 e. The number of ether oxygens (including phenoxy) is 1. The fraction of sp³-hybridized carbons (Fsp3) is 0.364. The van der Waals surface area contributed by atoms with Crippen LogP contribution in [-0.2, 0) is 4.79 Å². The van der Waals surface area contributed by atoms with E-state index in [1.54, 1.807) is 11.3 Å². The zero-order valence-electron chi connectivity index (χ0n) is 16.1. The third-order valence-corrected chi connectivity index (χ3v) is 6.39. The van der Waals surface area contributed by atoms with Crippen LogP contribution in [0.4, 0.5) is 0 Å². The van der Waals surface area contributed by atoms with Crippen molar-refractivity contribution in [2.75, 3.05) is 6.54 Å². The third-order valence-electron chi connectivity index (χ3n) is 5.39. The van der Waals surface area contributed by atoms with Gasteiger partial charge in [-0.3, -0.25) is 4.79 Å². The van der Waals surface area contributed by atoms with Crippen molar-refractivity contribution in [3.8, 4) is 16.9 Å². The zero-order chi connectivity index (χ0) is 19.1. The number of hydrogen-bond donors (Lipinski definition) is 1. The summed E-state index contributed by atoms with van der Waals surface area (Å²) in [4.78, 5) is 16.2. The molecule has 0 radical (unpaired) electrons. The highest BCUT2D eigenvalue weighted by molar-refractivity contribution is 7.18. The Morgan fingerprint density at radius 1 is 1.15 bits per heavy atom. The van der Waals surface area contributed by atoms with Crippen molar-refractivity contribution in [3.63, 3.8) is 0 Å². The SMILES string of the molecule is Cc1nc2cc(-c3ccc(C)c(C)c3)cc(OC(C)C3CNC(=O)C3)c2s1. The molecule has 2 atom stereocenters. The maximum absolute atomic E-state index is 11.5. The molecule has 1 N–H and O–H groups in total. The van der Waals surface area contributed by atoms with Crippen LogP contribution in [0.25, 0.3) is 21.3 Å². The molecule has 2 aromatic carbocycles. The van der Waals surface area contributed by atoms with Gasteiger partial charge in [-0.1, -0.05) is 18.2 Å². The molecule has 0 spiro atoms. The smallest absolute Gasteiger partial charge is 0.220 e. The Morgan fingerprint density at radius 3 is 2.67 bits per heavy atom. The van der Waals surface area contributed by atoms with Crippen LogP contribution in [0.3, 0.4) is 0 Å². The van der Waals surface area contributed by atoms with Gasteiger partial charge in [0.2, 0.25) is 5.91 Å². The predicted molar refractivity (Wildman–Crippen MR) is 110 cm³/mol. The lowest BCUT2D eigenvalue weighted by atomic mass is 10.00. The van der Waals surface area contributed by atoms with Crippen LogP contribution in [-0.4, -0.2) is 23.5 Å². The van der Waals surface area contributed by atoms with Gasteiger partial charge in [-0.15, -0.1) is 11.3 Å². The van der Waals surface area contributed by atoms with Crippen molar-refractivity contribution in [1.82, 2.24) is 10.3 Å². The van der Waals surface area contributed by atoms with E-state index in [0.29, 0.717) is 13.0 Å². The highest BCUT2D eigenvalue weighted by Crippen LogP contribution is 2.37. The maximum atomic E-state index is 11.5. The minimum Gasteiger partial charge on any atom is -0.489 e. The molecule has 1 aliphatic rings. The third kappa shape index (κ3) is 3.56. The molecule has 27 heavy (non-hydrogen) atoms. The van der Waals surface area contributed by atoms with E-state index >= 15 is 0 Å². The van der Waals surface area contributed by atoms with Crippen molar-refractivity contribution in [2.24, 2.45) is 5.92 Å². The van der Waals surface area contributed by atoms with Gasteiger partial charge in [0.1, 0.15) is 11.9 Å². The standard InChI is InChI=1S/C22H24N2O2S/c1-12-5-6-16(7-13(12)2)17-8-19-22(27-15(4)24-19)20(9-17)26-14(3)18-10-21(25)23-11-18/h5-9,14,18H,10-11H2,1-4H3,(H,23,25). The lowest BCUT2D eigenvalue weighted by Crippen LogP contribution is -2.25. The van der Waals surface area contributed by atoms with Crippen molar-refractivity contribution in [2.45, 2.75) is 40.2 Å². The van der Waals surface area contributed by atoms with E-state index in [2.05, 4.69) is 54.5 Å². The molecule has 4 rings (SSSR count). The number of nitrogens with zero attached hydrogens (tertiary/aromatic N) is 1. The molecule has 0 bridgehead atoms. The molecular weight excluding hydrogens is 356 g/mol. The summed E-state index contributed by atoms with van der Waals surface area (Å²) in [6, 6.07) is 10.8. The Kier molecular flexibility index (Phi) is 4.64. The largest absolute Gasteiger partial charge is 0.489 e. The molecule has 2 unspecified atom stereocenters. The van der Waals surface area contributed by atoms with Crippen LogP contribution >= 0.6 is 11.3 Å². The van der Waals surface area contributed by atoms with Crippen LogP contribution < -0.4 is 10.1 Å². The molecule has 1 aliphatic heterocycles. The second-order valence-corrected chi connectivity index (χ2v) is 8.65. The lowest BCUT2D eigenvalue weighted by Gasteiger charge is -2.20. The number of carbonyl (C=O) groups is 1. The molecule has 4 nitrogen and oxygen atoms in total. The monoisotopic (exact) mass is 380 g/mol. The summed E-state index contributed by atoms with van der Waals surface area (Å²) < 4.78 is 7.44. The van der Waals surface area contributed by atoms with E-state index in [9.17, 15) is 4.79 Å². The van der Waals surface area contributed by atoms with Gasteiger partial charge in [-0.25, -0.2) is 4.98 Å². The Bertz CT molecular complexity index is 1020. The average Bonchev–Trinajstić information content (AvgIpc) is 3.22. The van der Waals surface area contributed by atoms with E-state index in [1.165, 1.54) is 16.7 Å². The van der Waals surface area contributed by atoms with Crippen molar-refractivity contribution < 1.29 is 9.53 Å². The van der Waals surface area contributed by atoms with E-state index < -0.39 is 0 Å². The Balaban J connectivity index is 1.74. The summed E-state index contributed by atoms with van der Waals surface area (Å²) in [5.74, 6) is 1.17. The van der Waals surface area contributed by atoms with E-state index in [1.807, 2.05) is 13.8 Å². The Hall–Kier alpha value is -2.40. The second kappa shape index (κ2) is 6.97. The summed E-state index contributed by atoms with van der Waals surface area (Å²) in [6.07, 6.45) is 0.493. The molecule has 140 valence electrons. The number of rotatable bonds is 4. The van der Waals surface area contributed by atoms with Crippen LogP contribution in [0.5, 0.6) is 5.75 Å². The summed E-state index contributed by atoms with van der Waals surface area (Å²) in [5.41, 5.74) is 5.80. The van der Waals surface area contributed by atoms with Gasteiger partial charge in [0.25, 0.3) is 0 Å². The first kappa shape index (κ1) is 18.0. The number of hydrogen-bond acceptors (Lipinski definition) is 4. The molecule has 2 heterocycles. The molecule has 5 heteroatoms. The van der Waals surface area contributed by atoms with Gasteiger partial charge < -0.3 is 10.1 Å². The number of nitrogens with one attached hydrogen (secondary N) is 1. The number of thiazole rings is 1. The van der Waals surface area contributed by atoms with Crippen molar-refractivity contribution in [3.05, 3.63) is 46.5 Å². The van der Waals surface area contributed by atoms with Gasteiger partial charge >= 0.3 is 0 Å². The number of benzene rings is 2. The van der Waals surface area contributed by atoms with E-state index in [4.69, 9.17) is 4.74 Å². The van der Waals surface area contributed by atoms with E-state index in [0.717, 1.165) is 26.5 Å². The summed E-state index contributed by atoms with van der Waals surface area (Å²) >= 11 is 1.65. The van der Waals surface area contributed by atoms with Crippen LogP contribution in [0.15, 0.2) is 30.3 Å². The first-order valence-corrected chi connectivity index (χ1v) is 10.1. The first-order valence-electron chi connectivity index (χ1n) is 9.33. The molecule has 1 saturated heterocycles.